The molecule has 0 bridgehead atoms. The molecule has 90 valence electrons. The molecule has 0 saturated carbocycles. The van der Waals surface area contributed by atoms with Crippen molar-refractivity contribution in [3.63, 3.8) is 0 Å². The number of carboxylic acid groups (broad SMARTS) is 1. The zero-order chi connectivity index (χ0) is 12.7. The zero-order valence-electron chi connectivity index (χ0n) is 9.37. The molecule has 5 heteroatoms. The molecule has 17 heavy (non-hydrogen) atoms. The number of halogens is 2. The van der Waals surface area contributed by atoms with Crippen LogP contribution in [0, 0.1) is 5.82 Å². The van der Waals surface area contributed by atoms with Crippen LogP contribution in [0.1, 0.15) is 30.2 Å². The fourth-order valence-corrected chi connectivity index (χ4v) is 2.34. The van der Waals surface area contributed by atoms with Gasteiger partial charge in [-0.1, -0.05) is 15.9 Å². The Morgan fingerprint density at radius 3 is 2.65 bits per heavy atom. The van der Waals surface area contributed by atoms with Gasteiger partial charge in [0, 0.05) is 16.7 Å². The summed E-state index contributed by atoms with van der Waals surface area (Å²) in [6.07, 6.45) is 1.34. The number of nitrogens with zero attached hydrogens (tertiary/aromatic N) is 1. The SMILES string of the molecule is CC(C)n1cc(F)c2c(C(=O)O)cc(Br)cc21. The molecule has 0 aliphatic carbocycles. The van der Waals surface area contributed by atoms with Gasteiger partial charge in [-0.2, -0.15) is 0 Å². The average Bonchev–Trinajstić information content (AvgIpc) is 2.54. The van der Waals surface area contributed by atoms with Gasteiger partial charge in [0.15, 0.2) is 0 Å². The number of benzene rings is 1. The Hall–Kier alpha value is -1.36. The summed E-state index contributed by atoms with van der Waals surface area (Å²) in [5.41, 5.74) is 0.565. The molecule has 0 amide bonds. The van der Waals surface area contributed by atoms with E-state index in [1.54, 1.807) is 10.6 Å². The van der Waals surface area contributed by atoms with Crippen LogP contribution in [0.5, 0.6) is 0 Å². The van der Waals surface area contributed by atoms with Gasteiger partial charge in [0.1, 0.15) is 5.82 Å². The molecule has 0 fully saturated rings. The molecular weight excluding hydrogens is 289 g/mol. The Kier molecular flexibility index (Phi) is 2.95. The summed E-state index contributed by atoms with van der Waals surface area (Å²) in [4.78, 5) is 11.1. The van der Waals surface area contributed by atoms with Crippen LogP contribution in [0.15, 0.2) is 22.8 Å². The first kappa shape index (κ1) is 12.1. The Bertz CT molecular complexity index is 604. The van der Waals surface area contributed by atoms with Crippen molar-refractivity contribution in [3.8, 4) is 0 Å². The van der Waals surface area contributed by atoms with Crippen LogP contribution in [0.2, 0.25) is 0 Å². The molecular formula is C12H11BrFNO2. The molecule has 0 unspecified atom stereocenters. The number of carboxylic acids is 1. The summed E-state index contributed by atoms with van der Waals surface area (Å²) in [6.45, 7) is 3.83. The van der Waals surface area contributed by atoms with Crippen LogP contribution in [-0.4, -0.2) is 15.6 Å². The number of aromatic carboxylic acids is 1. The minimum Gasteiger partial charge on any atom is -0.478 e. The van der Waals surface area contributed by atoms with E-state index in [-0.39, 0.29) is 17.0 Å². The van der Waals surface area contributed by atoms with Crippen molar-refractivity contribution in [3.05, 3.63) is 34.2 Å². The predicted octanol–water partition coefficient (Wildman–Crippen LogP) is 3.82. The van der Waals surface area contributed by atoms with Crippen LogP contribution in [0.3, 0.4) is 0 Å². The van der Waals surface area contributed by atoms with Crippen molar-refractivity contribution >= 4 is 32.8 Å². The average molecular weight is 300 g/mol. The molecule has 3 nitrogen and oxygen atoms in total. The summed E-state index contributed by atoms with van der Waals surface area (Å²) in [7, 11) is 0. The smallest absolute Gasteiger partial charge is 0.336 e. The maximum Gasteiger partial charge on any atom is 0.336 e. The standard InChI is InChI=1S/C12H11BrFNO2/c1-6(2)15-5-9(14)11-8(12(16)17)3-7(13)4-10(11)15/h3-6H,1-2H3,(H,16,17). The second kappa shape index (κ2) is 4.14. The molecule has 1 aromatic heterocycles. The topological polar surface area (TPSA) is 42.2 Å². The van der Waals surface area contributed by atoms with E-state index in [9.17, 15) is 9.18 Å². The number of rotatable bonds is 2. The quantitative estimate of drug-likeness (QED) is 0.916. The van der Waals surface area contributed by atoms with Gasteiger partial charge in [0.2, 0.25) is 0 Å². The van der Waals surface area contributed by atoms with Crippen molar-refractivity contribution in [1.29, 1.82) is 0 Å². The van der Waals surface area contributed by atoms with Gasteiger partial charge < -0.3 is 9.67 Å². The van der Waals surface area contributed by atoms with Crippen LogP contribution in [0.25, 0.3) is 10.9 Å². The molecule has 2 rings (SSSR count). The van der Waals surface area contributed by atoms with E-state index in [0.717, 1.165) is 0 Å². The summed E-state index contributed by atoms with van der Waals surface area (Å²) in [5, 5.41) is 9.24. The van der Waals surface area contributed by atoms with Crippen molar-refractivity contribution in [1.82, 2.24) is 4.57 Å². The van der Waals surface area contributed by atoms with Gasteiger partial charge in [0.05, 0.1) is 16.5 Å². The molecule has 2 aromatic rings. The normalized spacial score (nSPS) is 11.4. The number of hydrogen-bond donors (Lipinski definition) is 1. The first-order chi connectivity index (χ1) is 7.91. The lowest BCUT2D eigenvalue weighted by molar-refractivity contribution is 0.0698. The lowest BCUT2D eigenvalue weighted by Gasteiger charge is -2.09. The Balaban J connectivity index is 2.90. The number of fused-ring (bicyclic) bond motifs is 1. The van der Waals surface area contributed by atoms with Crippen molar-refractivity contribution < 1.29 is 14.3 Å². The third kappa shape index (κ3) is 1.95. The summed E-state index contributed by atoms with van der Waals surface area (Å²) < 4.78 is 16.2. The first-order valence-electron chi connectivity index (χ1n) is 5.14. The molecule has 1 heterocycles. The third-order valence-corrected chi connectivity index (χ3v) is 3.10. The molecule has 0 aliphatic rings. The maximum absolute atomic E-state index is 13.8. The zero-order valence-corrected chi connectivity index (χ0v) is 11.0. The molecule has 1 aromatic carbocycles. The van der Waals surface area contributed by atoms with Gasteiger partial charge >= 0.3 is 5.97 Å². The molecule has 0 radical (unpaired) electrons. The number of hydrogen-bond acceptors (Lipinski definition) is 1. The number of carbonyl (C=O) groups is 1. The van der Waals surface area contributed by atoms with Gasteiger partial charge in [0.25, 0.3) is 0 Å². The Labute approximate surface area is 106 Å². The maximum atomic E-state index is 13.8. The highest BCUT2D eigenvalue weighted by molar-refractivity contribution is 9.10. The second-order valence-electron chi connectivity index (χ2n) is 4.13. The van der Waals surface area contributed by atoms with Gasteiger partial charge in [-0.3, -0.25) is 0 Å². The van der Waals surface area contributed by atoms with Crippen molar-refractivity contribution in [2.45, 2.75) is 19.9 Å². The molecule has 0 aliphatic heterocycles. The van der Waals surface area contributed by atoms with E-state index in [0.29, 0.717) is 9.99 Å². The largest absolute Gasteiger partial charge is 0.478 e. The van der Waals surface area contributed by atoms with E-state index >= 15 is 0 Å². The van der Waals surface area contributed by atoms with E-state index in [2.05, 4.69) is 15.9 Å². The van der Waals surface area contributed by atoms with E-state index < -0.39 is 11.8 Å². The van der Waals surface area contributed by atoms with Crippen molar-refractivity contribution in [2.75, 3.05) is 0 Å². The second-order valence-corrected chi connectivity index (χ2v) is 5.05. The molecule has 1 N–H and O–H groups in total. The fourth-order valence-electron chi connectivity index (χ4n) is 1.90. The minimum atomic E-state index is -1.13. The molecule has 0 atom stereocenters. The number of aromatic nitrogens is 1. The highest BCUT2D eigenvalue weighted by atomic mass is 79.9. The predicted molar refractivity (Wildman–Crippen MR) is 66.9 cm³/mol. The molecule has 0 saturated heterocycles. The van der Waals surface area contributed by atoms with Crippen molar-refractivity contribution in [2.24, 2.45) is 0 Å². The van der Waals surface area contributed by atoms with Crippen LogP contribution in [-0.2, 0) is 0 Å². The van der Waals surface area contributed by atoms with Crippen LogP contribution in [0.4, 0.5) is 4.39 Å². The lowest BCUT2D eigenvalue weighted by Crippen LogP contribution is -2.00. The Morgan fingerprint density at radius 2 is 2.12 bits per heavy atom. The van der Waals surface area contributed by atoms with Crippen LogP contribution >= 0.6 is 15.9 Å². The van der Waals surface area contributed by atoms with E-state index in [1.807, 2.05) is 13.8 Å². The first-order valence-corrected chi connectivity index (χ1v) is 5.94. The fraction of sp³-hybridized carbons (Fsp3) is 0.250. The van der Waals surface area contributed by atoms with Gasteiger partial charge in [-0.25, -0.2) is 9.18 Å². The molecule has 0 spiro atoms. The monoisotopic (exact) mass is 299 g/mol. The minimum absolute atomic E-state index is 0.0220. The summed E-state index contributed by atoms with van der Waals surface area (Å²) in [5.74, 6) is -1.63. The summed E-state index contributed by atoms with van der Waals surface area (Å²) >= 11 is 3.24. The Morgan fingerprint density at radius 1 is 1.47 bits per heavy atom. The van der Waals surface area contributed by atoms with Gasteiger partial charge in [-0.15, -0.1) is 0 Å². The third-order valence-electron chi connectivity index (χ3n) is 2.64. The van der Waals surface area contributed by atoms with E-state index in [1.165, 1.54) is 12.3 Å². The van der Waals surface area contributed by atoms with E-state index in [4.69, 9.17) is 5.11 Å². The van der Waals surface area contributed by atoms with Gasteiger partial charge in [-0.05, 0) is 26.0 Å². The summed E-state index contributed by atoms with van der Waals surface area (Å²) in [6, 6.07) is 3.21. The van der Waals surface area contributed by atoms with Crippen LogP contribution < -0.4 is 0 Å². The highest BCUT2D eigenvalue weighted by Gasteiger charge is 2.18. The highest BCUT2D eigenvalue weighted by Crippen LogP contribution is 2.30. The lowest BCUT2D eigenvalue weighted by atomic mass is 10.1.